The highest BCUT2D eigenvalue weighted by Crippen LogP contribution is 2.21. The molecule has 11 heavy (non-hydrogen) atoms. The maximum Gasteiger partial charge on any atom is 0.0213 e. The molecule has 0 radical (unpaired) electrons. The van der Waals surface area contributed by atoms with Crippen LogP contribution in [0.25, 0.3) is 0 Å². The first-order valence-electron chi connectivity index (χ1n) is 4.00. The van der Waals surface area contributed by atoms with Gasteiger partial charge in [-0.1, -0.05) is 6.92 Å². The van der Waals surface area contributed by atoms with Crippen LogP contribution in [0.2, 0.25) is 0 Å². The molecular formula is C9H15NS. The summed E-state index contributed by atoms with van der Waals surface area (Å²) in [5.74, 6) is 0. The van der Waals surface area contributed by atoms with Gasteiger partial charge in [-0.25, -0.2) is 0 Å². The van der Waals surface area contributed by atoms with Gasteiger partial charge in [-0.3, -0.25) is 0 Å². The van der Waals surface area contributed by atoms with E-state index in [-0.39, 0.29) is 0 Å². The van der Waals surface area contributed by atoms with Gasteiger partial charge in [0.15, 0.2) is 0 Å². The Morgan fingerprint density at radius 3 is 2.73 bits per heavy atom. The van der Waals surface area contributed by atoms with Crippen molar-refractivity contribution in [3.8, 4) is 0 Å². The van der Waals surface area contributed by atoms with Gasteiger partial charge in [-0.05, 0) is 36.9 Å². The Morgan fingerprint density at radius 1 is 1.55 bits per heavy atom. The summed E-state index contributed by atoms with van der Waals surface area (Å²) in [6, 6.07) is 0. The van der Waals surface area contributed by atoms with Crippen LogP contribution in [-0.4, -0.2) is 7.05 Å². The zero-order chi connectivity index (χ0) is 8.27. The number of rotatable bonds is 3. The Hall–Kier alpha value is -0.340. The van der Waals surface area contributed by atoms with Gasteiger partial charge in [0.25, 0.3) is 0 Å². The van der Waals surface area contributed by atoms with Gasteiger partial charge in [-0.15, -0.1) is 11.3 Å². The fourth-order valence-electron chi connectivity index (χ4n) is 1.21. The molecule has 0 saturated carbocycles. The van der Waals surface area contributed by atoms with E-state index in [4.69, 9.17) is 0 Å². The van der Waals surface area contributed by atoms with Crippen molar-refractivity contribution in [1.82, 2.24) is 5.32 Å². The van der Waals surface area contributed by atoms with Gasteiger partial charge in [-0.2, -0.15) is 0 Å². The van der Waals surface area contributed by atoms with E-state index in [1.165, 1.54) is 22.4 Å². The van der Waals surface area contributed by atoms with Crippen LogP contribution >= 0.6 is 11.3 Å². The van der Waals surface area contributed by atoms with Crippen molar-refractivity contribution in [3.63, 3.8) is 0 Å². The Balaban J connectivity index is 2.82. The maximum absolute atomic E-state index is 3.17. The summed E-state index contributed by atoms with van der Waals surface area (Å²) in [5, 5.41) is 5.42. The fourth-order valence-corrected chi connectivity index (χ4v) is 2.23. The lowest BCUT2D eigenvalue weighted by Gasteiger charge is -1.98. The van der Waals surface area contributed by atoms with E-state index in [2.05, 4.69) is 24.5 Å². The van der Waals surface area contributed by atoms with Gasteiger partial charge >= 0.3 is 0 Å². The lowest BCUT2D eigenvalue weighted by molar-refractivity contribution is 0.814. The van der Waals surface area contributed by atoms with Crippen LogP contribution in [0.3, 0.4) is 0 Å². The first-order chi connectivity index (χ1) is 5.29. The molecule has 0 unspecified atom stereocenters. The zero-order valence-electron chi connectivity index (χ0n) is 7.40. The molecule has 0 spiro atoms. The number of thiophene rings is 1. The second kappa shape index (κ2) is 3.88. The highest BCUT2D eigenvalue weighted by Gasteiger charge is 2.03. The normalized spacial score (nSPS) is 10.5. The summed E-state index contributed by atoms with van der Waals surface area (Å²) < 4.78 is 0. The van der Waals surface area contributed by atoms with E-state index < -0.39 is 0 Å². The zero-order valence-corrected chi connectivity index (χ0v) is 8.22. The van der Waals surface area contributed by atoms with E-state index in [1.807, 2.05) is 18.4 Å². The molecule has 2 heteroatoms. The Labute approximate surface area is 72.4 Å². The summed E-state index contributed by atoms with van der Waals surface area (Å²) in [6.07, 6.45) is 1.17. The van der Waals surface area contributed by atoms with Gasteiger partial charge in [0.2, 0.25) is 0 Å². The van der Waals surface area contributed by atoms with E-state index in [0.717, 1.165) is 6.54 Å². The highest BCUT2D eigenvalue weighted by molar-refractivity contribution is 7.10. The summed E-state index contributed by atoms with van der Waals surface area (Å²) in [4.78, 5) is 1.52. The second-order valence-electron chi connectivity index (χ2n) is 2.69. The molecule has 1 nitrogen and oxygen atoms in total. The topological polar surface area (TPSA) is 12.0 Å². The largest absolute Gasteiger partial charge is 0.316 e. The third kappa shape index (κ3) is 1.82. The van der Waals surface area contributed by atoms with Crippen molar-refractivity contribution in [2.75, 3.05) is 7.05 Å². The first kappa shape index (κ1) is 8.75. The number of hydrogen-bond acceptors (Lipinski definition) is 2. The number of aryl methyl sites for hydroxylation is 1. The third-order valence-electron chi connectivity index (χ3n) is 1.93. The molecule has 0 aliphatic carbocycles. The van der Waals surface area contributed by atoms with E-state index in [9.17, 15) is 0 Å². The maximum atomic E-state index is 3.17. The first-order valence-corrected chi connectivity index (χ1v) is 4.88. The summed E-state index contributed by atoms with van der Waals surface area (Å²) >= 11 is 1.88. The average molecular weight is 169 g/mol. The smallest absolute Gasteiger partial charge is 0.0213 e. The Kier molecular flexibility index (Phi) is 3.09. The van der Waals surface area contributed by atoms with E-state index in [0.29, 0.717) is 0 Å². The molecule has 0 fully saturated rings. The molecule has 1 rings (SSSR count). The molecule has 0 amide bonds. The lowest BCUT2D eigenvalue weighted by Crippen LogP contribution is -2.05. The minimum absolute atomic E-state index is 1.00. The number of hydrogen-bond donors (Lipinski definition) is 1. The Bertz CT molecular complexity index is 227. The third-order valence-corrected chi connectivity index (χ3v) is 3.21. The second-order valence-corrected chi connectivity index (χ2v) is 3.66. The molecule has 62 valence electrons. The molecule has 0 bridgehead atoms. The molecule has 0 aromatic carbocycles. The quantitative estimate of drug-likeness (QED) is 0.732. The molecule has 1 aromatic rings. The van der Waals surface area contributed by atoms with Gasteiger partial charge in [0.05, 0.1) is 0 Å². The summed E-state index contributed by atoms with van der Waals surface area (Å²) in [5.41, 5.74) is 2.93. The highest BCUT2D eigenvalue weighted by atomic mass is 32.1. The van der Waals surface area contributed by atoms with Crippen molar-refractivity contribution >= 4 is 11.3 Å². The molecule has 0 saturated heterocycles. The minimum atomic E-state index is 1.00. The van der Waals surface area contributed by atoms with Crippen LogP contribution in [0.5, 0.6) is 0 Å². The van der Waals surface area contributed by atoms with Crippen molar-refractivity contribution in [1.29, 1.82) is 0 Å². The predicted octanol–water partition coefficient (Wildman–Crippen LogP) is 2.34. The van der Waals surface area contributed by atoms with Gasteiger partial charge in [0.1, 0.15) is 0 Å². The SMILES string of the molecule is CCc1scc(CNC)c1C. The fraction of sp³-hybridized carbons (Fsp3) is 0.556. The standard InChI is InChI=1S/C9H15NS/c1-4-9-7(2)8(5-10-3)6-11-9/h6,10H,4-5H2,1-3H3. The van der Waals surface area contributed by atoms with E-state index >= 15 is 0 Å². The molecule has 1 heterocycles. The molecule has 0 aliphatic rings. The van der Waals surface area contributed by atoms with Crippen LogP contribution < -0.4 is 5.32 Å². The van der Waals surface area contributed by atoms with Crippen LogP contribution in [0.1, 0.15) is 22.9 Å². The monoisotopic (exact) mass is 169 g/mol. The molecule has 0 aliphatic heterocycles. The lowest BCUT2D eigenvalue weighted by atomic mass is 10.1. The minimum Gasteiger partial charge on any atom is -0.316 e. The van der Waals surface area contributed by atoms with Crippen molar-refractivity contribution in [2.24, 2.45) is 0 Å². The summed E-state index contributed by atoms with van der Waals surface area (Å²) in [6.45, 7) is 5.42. The van der Waals surface area contributed by atoms with Crippen LogP contribution in [0.4, 0.5) is 0 Å². The van der Waals surface area contributed by atoms with Crippen LogP contribution in [0, 0.1) is 6.92 Å². The van der Waals surface area contributed by atoms with Crippen molar-refractivity contribution in [2.45, 2.75) is 26.8 Å². The molecule has 1 aromatic heterocycles. The van der Waals surface area contributed by atoms with E-state index in [1.54, 1.807) is 0 Å². The number of nitrogens with one attached hydrogen (secondary N) is 1. The predicted molar refractivity (Wildman–Crippen MR) is 51.2 cm³/mol. The van der Waals surface area contributed by atoms with Crippen molar-refractivity contribution in [3.05, 3.63) is 21.4 Å². The average Bonchev–Trinajstić information content (AvgIpc) is 2.34. The van der Waals surface area contributed by atoms with Crippen LogP contribution in [0.15, 0.2) is 5.38 Å². The molecule has 0 atom stereocenters. The summed E-state index contributed by atoms with van der Waals surface area (Å²) in [7, 11) is 1.99. The Morgan fingerprint density at radius 2 is 2.27 bits per heavy atom. The van der Waals surface area contributed by atoms with Crippen LogP contribution in [-0.2, 0) is 13.0 Å². The van der Waals surface area contributed by atoms with Gasteiger partial charge in [0, 0.05) is 11.4 Å². The molecular weight excluding hydrogens is 154 g/mol. The van der Waals surface area contributed by atoms with Crippen molar-refractivity contribution < 1.29 is 0 Å². The molecule has 1 N–H and O–H groups in total. The van der Waals surface area contributed by atoms with Gasteiger partial charge < -0.3 is 5.32 Å².